The van der Waals surface area contributed by atoms with Gasteiger partial charge in [0, 0.05) is 6.54 Å². The molecule has 0 atom stereocenters. The molecule has 0 fully saturated rings. The number of anilines is 1. The third-order valence-electron chi connectivity index (χ3n) is 3.88. The summed E-state index contributed by atoms with van der Waals surface area (Å²) in [6.45, 7) is 7.50. The quantitative estimate of drug-likeness (QED) is 0.778. The predicted molar refractivity (Wildman–Crippen MR) is 95.5 cm³/mol. The van der Waals surface area contributed by atoms with Crippen molar-refractivity contribution in [3.63, 3.8) is 0 Å². The fraction of sp³-hybridized carbons (Fsp3) is 0.444. The van der Waals surface area contributed by atoms with Gasteiger partial charge in [-0.05, 0) is 38.9 Å². The Morgan fingerprint density at radius 3 is 2.58 bits per heavy atom. The van der Waals surface area contributed by atoms with Crippen molar-refractivity contribution in [3.8, 4) is 5.69 Å². The first-order valence-corrected chi connectivity index (χ1v) is 8.31. The van der Waals surface area contributed by atoms with E-state index in [1.165, 1.54) is 0 Å². The Morgan fingerprint density at radius 2 is 1.96 bits per heavy atom. The minimum atomic E-state index is -0.0873. The lowest BCUT2D eigenvalue weighted by Gasteiger charge is -2.19. The molecule has 130 valence electrons. The molecule has 2 rings (SSSR count). The molecular formula is C18H26N4O2. The van der Waals surface area contributed by atoms with Crippen molar-refractivity contribution in [1.29, 1.82) is 0 Å². The zero-order valence-corrected chi connectivity index (χ0v) is 14.6. The zero-order chi connectivity index (χ0) is 17.5. The Hall–Kier alpha value is -2.18. The summed E-state index contributed by atoms with van der Waals surface area (Å²) < 4.78 is 1.84. The summed E-state index contributed by atoms with van der Waals surface area (Å²) in [5.41, 5.74) is 3.40. The lowest BCUT2D eigenvalue weighted by atomic mass is 10.3. The molecule has 2 aromatic rings. The van der Waals surface area contributed by atoms with Crippen LogP contribution in [0.15, 0.2) is 30.3 Å². The van der Waals surface area contributed by atoms with E-state index in [4.69, 9.17) is 5.11 Å². The number of nitrogens with one attached hydrogen (secondary N) is 1. The first-order valence-electron chi connectivity index (χ1n) is 8.31. The summed E-state index contributed by atoms with van der Waals surface area (Å²) in [4.78, 5) is 14.3. The molecule has 6 heteroatoms. The number of rotatable bonds is 8. The van der Waals surface area contributed by atoms with Gasteiger partial charge in [0.2, 0.25) is 5.91 Å². The number of aliphatic hydroxyl groups excluding tert-OH is 1. The first kappa shape index (κ1) is 18.2. The monoisotopic (exact) mass is 330 g/mol. The van der Waals surface area contributed by atoms with Gasteiger partial charge in [-0.15, -0.1) is 0 Å². The molecule has 24 heavy (non-hydrogen) atoms. The van der Waals surface area contributed by atoms with Gasteiger partial charge in [0.1, 0.15) is 0 Å². The number of hydrogen-bond acceptors (Lipinski definition) is 4. The van der Waals surface area contributed by atoms with Crippen LogP contribution in [0.4, 0.5) is 5.69 Å². The number of benzene rings is 1. The van der Waals surface area contributed by atoms with Crippen LogP contribution in [0.1, 0.15) is 24.7 Å². The molecule has 0 unspecified atom stereocenters. The molecule has 0 aliphatic carbocycles. The van der Waals surface area contributed by atoms with Crippen molar-refractivity contribution in [2.75, 3.05) is 31.6 Å². The minimum Gasteiger partial charge on any atom is -0.395 e. The number of carbonyl (C=O) groups excluding carboxylic acids is 1. The zero-order valence-electron chi connectivity index (χ0n) is 14.6. The SMILES string of the molecule is CCCN(CCO)CC(=O)Nc1c(C)nn(-c2ccccc2)c1C. The standard InChI is InChI=1S/C18H26N4O2/c1-4-10-21(11-12-23)13-17(24)19-18-14(2)20-22(15(18)3)16-8-6-5-7-9-16/h5-9,23H,4,10-13H2,1-3H3,(H,19,24). The summed E-state index contributed by atoms with van der Waals surface area (Å²) in [5, 5.41) is 16.6. The average molecular weight is 330 g/mol. The lowest BCUT2D eigenvalue weighted by molar-refractivity contribution is -0.117. The van der Waals surface area contributed by atoms with Crippen molar-refractivity contribution >= 4 is 11.6 Å². The second-order valence-corrected chi connectivity index (χ2v) is 5.84. The number of amides is 1. The second-order valence-electron chi connectivity index (χ2n) is 5.84. The van der Waals surface area contributed by atoms with Crippen LogP contribution in [-0.2, 0) is 4.79 Å². The largest absolute Gasteiger partial charge is 0.395 e. The molecular weight excluding hydrogens is 304 g/mol. The van der Waals surface area contributed by atoms with E-state index in [1.54, 1.807) is 0 Å². The van der Waals surface area contributed by atoms with Crippen LogP contribution in [0.25, 0.3) is 5.69 Å². The van der Waals surface area contributed by atoms with Gasteiger partial charge in [0.25, 0.3) is 0 Å². The maximum Gasteiger partial charge on any atom is 0.238 e. The van der Waals surface area contributed by atoms with Crippen molar-refractivity contribution in [3.05, 3.63) is 41.7 Å². The molecule has 1 aromatic carbocycles. The summed E-state index contributed by atoms with van der Waals surface area (Å²) in [7, 11) is 0. The van der Waals surface area contributed by atoms with E-state index in [9.17, 15) is 4.79 Å². The van der Waals surface area contributed by atoms with Gasteiger partial charge in [0.05, 0.1) is 35.9 Å². The van der Waals surface area contributed by atoms with Gasteiger partial charge in [-0.3, -0.25) is 9.69 Å². The second kappa shape index (κ2) is 8.61. The van der Waals surface area contributed by atoms with Crippen LogP contribution < -0.4 is 5.32 Å². The molecule has 1 amide bonds. The molecule has 0 aliphatic rings. The highest BCUT2D eigenvalue weighted by atomic mass is 16.3. The number of nitrogens with zero attached hydrogens (tertiary/aromatic N) is 3. The topological polar surface area (TPSA) is 70.4 Å². The van der Waals surface area contributed by atoms with Gasteiger partial charge >= 0.3 is 0 Å². The number of para-hydroxylation sites is 1. The molecule has 1 heterocycles. The van der Waals surface area contributed by atoms with Crippen LogP contribution in [0.2, 0.25) is 0 Å². The Kier molecular flexibility index (Phi) is 6.52. The number of hydrogen-bond donors (Lipinski definition) is 2. The summed E-state index contributed by atoms with van der Waals surface area (Å²) in [6, 6.07) is 9.84. The Balaban J connectivity index is 2.12. The van der Waals surface area contributed by atoms with Gasteiger partial charge in [-0.2, -0.15) is 5.10 Å². The highest BCUT2D eigenvalue weighted by molar-refractivity contribution is 5.93. The lowest BCUT2D eigenvalue weighted by Crippen LogP contribution is -2.35. The Morgan fingerprint density at radius 1 is 1.25 bits per heavy atom. The number of aryl methyl sites for hydroxylation is 1. The molecule has 0 radical (unpaired) electrons. The third kappa shape index (κ3) is 4.43. The molecule has 6 nitrogen and oxygen atoms in total. The van der Waals surface area contributed by atoms with E-state index in [2.05, 4.69) is 17.3 Å². The molecule has 1 aromatic heterocycles. The fourth-order valence-corrected chi connectivity index (χ4v) is 2.75. The van der Waals surface area contributed by atoms with Crippen LogP contribution in [0.5, 0.6) is 0 Å². The highest BCUT2D eigenvalue weighted by Gasteiger charge is 2.16. The van der Waals surface area contributed by atoms with E-state index < -0.39 is 0 Å². The smallest absolute Gasteiger partial charge is 0.238 e. The third-order valence-corrected chi connectivity index (χ3v) is 3.88. The van der Waals surface area contributed by atoms with Gasteiger partial charge in [-0.1, -0.05) is 25.1 Å². The first-order chi connectivity index (χ1) is 11.6. The number of carbonyl (C=O) groups is 1. The normalized spacial score (nSPS) is 11.0. The van der Waals surface area contributed by atoms with Crippen molar-refractivity contribution in [2.45, 2.75) is 27.2 Å². The maximum atomic E-state index is 12.4. The van der Waals surface area contributed by atoms with E-state index in [0.717, 1.165) is 35.7 Å². The average Bonchev–Trinajstić information content (AvgIpc) is 2.84. The summed E-state index contributed by atoms with van der Waals surface area (Å²) >= 11 is 0. The number of aliphatic hydroxyl groups is 1. The van der Waals surface area contributed by atoms with E-state index in [-0.39, 0.29) is 19.1 Å². The van der Waals surface area contributed by atoms with Crippen molar-refractivity contribution in [2.24, 2.45) is 0 Å². The van der Waals surface area contributed by atoms with Crippen LogP contribution >= 0.6 is 0 Å². The minimum absolute atomic E-state index is 0.0529. The van der Waals surface area contributed by atoms with E-state index in [0.29, 0.717) is 6.54 Å². The van der Waals surface area contributed by atoms with Gasteiger partial charge in [0.15, 0.2) is 0 Å². The predicted octanol–water partition coefficient (Wildman–Crippen LogP) is 2.13. The fourth-order valence-electron chi connectivity index (χ4n) is 2.75. The van der Waals surface area contributed by atoms with Crippen molar-refractivity contribution in [1.82, 2.24) is 14.7 Å². The van der Waals surface area contributed by atoms with Crippen molar-refractivity contribution < 1.29 is 9.90 Å². The maximum absolute atomic E-state index is 12.4. The van der Waals surface area contributed by atoms with Crippen LogP contribution in [-0.4, -0.2) is 51.9 Å². The summed E-state index contributed by atoms with van der Waals surface area (Å²) in [5.74, 6) is -0.0873. The highest BCUT2D eigenvalue weighted by Crippen LogP contribution is 2.22. The summed E-state index contributed by atoms with van der Waals surface area (Å²) in [6.07, 6.45) is 0.942. The molecule has 2 N–H and O–H groups in total. The van der Waals surface area contributed by atoms with Crippen LogP contribution in [0.3, 0.4) is 0 Å². The Bertz CT molecular complexity index is 661. The Labute approximate surface area is 143 Å². The van der Waals surface area contributed by atoms with E-state index >= 15 is 0 Å². The van der Waals surface area contributed by atoms with Gasteiger partial charge < -0.3 is 10.4 Å². The van der Waals surface area contributed by atoms with Crippen LogP contribution in [0, 0.1) is 13.8 Å². The molecule has 0 saturated heterocycles. The number of aromatic nitrogens is 2. The molecule has 0 saturated carbocycles. The van der Waals surface area contributed by atoms with Gasteiger partial charge in [-0.25, -0.2) is 4.68 Å². The van der Waals surface area contributed by atoms with E-state index in [1.807, 2.05) is 53.8 Å². The molecule has 0 spiro atoms. The molecule has 0 aliphatic heterocycles. The molecule has 0 bridgehead atoms.